The van der Waals surface area contributed by atoms with Crippen LogP contribution >= 0.6 is 11.6 Å². The highest BCUT2D eigenvalue weighted by molar-refractivity contribution is 6.32. The highest BCUT2D eigenvalue weighted by atomic mass is 35.5. The van der Waals surface area contributed by atoms with E-state index >= 15 is 0 Å². The van der Waals surface area contributed by atoms with Crippen LogP contribution in [0.25, 0.3) is 0 Å². The van der Waals surface area contributed by atoms with Crippen molar-refractivity contribution < 1.29 is 14.7 Å². The van der Waals surface area contributed by atoms with E-state index in [1.165, 1.54) is 0 Å². The zero-order valence-electron chi connectivity index (χ0n) is 13.5. The molecule has 122 valence electrons. The quantitative estimate of drug-likeness (QED) is 0.512. The van der Waals surface area contributed by atoms with Crippen LogP contribution in [0.15, 0.2) is 17.3 Å². The summed E-state index contributed by atoms with van der Waals surface area (Å²) < 4.78 is 10.6. The SMILES string of the molecule is COc1cc(OC)c(/C(CC2CC(C)N(C)C2)=N/O)cc1Cl. The molecule has 1 aromatic carbocycles. The Morgan fingerprint density at radius 2 is 2.05 bits per heavy atom. The minimum atomic E-state index is 0.455. The fourth-order valence-electron chi connectivity index (χ4n) is 3.04. The van der Waals surface area contributed by atoms with Gasteiger partial charge in [-0.3, -0.25) is 0 Å². The van der Waals surface area contributed by atoms with Crippen LogP contribution in [0.1, 0.15) is 25.3 Å². The maximum Gasteiger partial charge on any atom is 0.141 e. The Morgan fingerprint density at radius 3 is 2.55 bits per heavy atom. The maximum absolute atomic E-state index is 9.45. The summed E-state index contributed by atoms with van der Waals surface area (Å²) in [5.74, 6) is 1.58. The smallest absolute Gasteiger partial charge is 0.141 e. The number of hydrogen-bond acceptors (Lipinski definition) is 5. The molecule has 1 aliphatic heterocycles. The van der Waals surface area contributed by atoms with Crippen LogP contribution in [0, 0.1) is 5.92 Å². The second kappa shape index (κ2) is 7.20. The van der Waals surface area contributed by atoms with Crippen molar-refractivity contribution in [3.63, 3.8) is 0 Å². The van der Waals surface area contributed by atoms with Crippen molar-refractivity contribution in [1.82, 2.24) is 4.90 Å². The van der Waals surface area contributed by atoms with Crippen molar-refractivity contribution in [2.75, 3.05) is 27.8 Å². The lowest BCUT2D eigenvalue weighted by Gasteiger charge is -2.15. The van der Waals surface area contributed by atoms with E-state index in [2.05, 4.69) is 24.0 Å². The summed E-state index contributed by atoms with van der Waals surface area (Å²) in [4.78, 5) is 2.32. The third kappa shape index (κ3) is 3.47. The molecule has 1 aliphatic rings. The van der Waals surface area contributed by atoms with Gasteiger partial charge in [-0.1, -0.05) is 16.8 Å². The van der Waals surface area contributed by atoms with E-state index in [0.717, 1.165) is 13.0 Å². The molecule has 0 saturated carbocycles. The third-order valence-corrected chi connectivity index (χ3v) is 4.66. The molecule has 0 amide bonds. The summed E-state index contributed by atoms with van der Waals surface area (Å²) in [6.07, 6.45) is 1.77. The molecule has 1 heterocycles. The number of methoxy groups -OCH3 is 2. The predicted molar refractivity (Wildman–Crippen MR) is 87.7 cm³/mol. The van der Waals surface area contributed by atoms with Gasteiger partial charge in [0.05, 0.1) is 25.0 Å². The largest absolute Gasteiger partial charge is 0.496 e. The van der Waals surface area contributed by atoms with Gasteiger partial charge in [-0.2, -0.15) is 0 Å². The third-order valence-electron chi connectivity index (χ3n) is 4.36. The van der Waals surface area contributed by atoms with E-state index in [1.54, 1.807) is 26.4 Å². The van der Waals surface area contributed by atoms with Gasteiger partial charge in [0, 0.05) is 24.2 Å². The Balaban J connectivity index is 2.26. The Morgan fingerprint density at radius 1 is 1.36 bits per heavy atom. The second-order valence-corrected chi connectivity index (χ2v) is 6.24. The molecule has 2 rings (SSSR count). The molecule has 1 saturated heterocycles. The van der Waals surface area contributed by atoms with Crippen molar-refractivity contribution in [2.45, 2.75) is 25.8 Å². The number of hydrogen-bond donors (Lipinski definition) is 1. The molecular formula is C16H23ClN2O3. The van der Waals surface area contributed by atoms with Crippen LogP contribution in [0.2, 0.25) is 5.02 Å². The van der Waals surface area contributed by atoms with Gasteiger partial charge in [-0.05, 0) is 38.8 Å². The molecule has 1 N–H and O–H groups in total. The normalized spacial score (nSPS) is 22.9. The topological polar surface area (TPSA) is 54.3 Å². The fraction of sp³-hybridized carbons (Fsp3) is 0.562. The van der Waals surface area contributed by atoms with Gasteiger partial charge >= 0.3 is 0 Å². The lowest BCUT2D eigenvalue weighted by molar-refractivity contribution is 0.314. The first kappa shape index (κ1) is 16.9. The average Bonchev–Trinajstić information content (AvgIpc) is 2.82. The van der Waals surface area contributed by atoms with Crippen molar-refractivity contribution in [1.29, 1.82) is 0 Å². The van der Waals surface area contributed by atoms with Crippen molar-refractivity contribution >= 4 is 17.3 Å². The van der Waals surface area contributed by atoms with Gasteiger partial charge < -0.3 is 19.6 Å². The van der Waals surface area contributed by atoms with Crippen LogP contribution in [0.3, 0.4) is 0 Å². The Kier molecular flexibility index (Phi) is 5.53. The summed E-state index contributed by atoms with van der Waals surface area (Å²) >= 11 is 6.20. The highest BCUT2D eigenvalue weighted by Crippen LogP contribution is 2.35. The number of benzene rings is 1. The van der Waals surface area contributed by atoms with E-state index < -0.39 is 0 Å². The highest BCUT2D eigenvalue weighted by Gasteiger charge is 2.28. The maximum atomic E-state index is 9.45. The van der Waals surface area contributed by atoms with E-state index in [-0.39, 0.29) is 0 Å². The van der Waals surface area contributed by atoms with Gasteiger partial charge in [-0.25, -0.2) is 0 Å². The first-order valence-electron chi connectivity index (χ1n) is 7.33. The number of halogens is 1. The fourth-order valence-corrected chi connectivity index (χ4v) is 3.28. The standard InChI is InChI=1S/C16H23ClN2O3/c1-10-5-11(9-19(10)2)6-14(18-20)12-7-13(17)16(22-4)8-15(12)21-3/h7-8,10-11,20H,5-6,9H2,1-4H3/b18-14+. The number of ether oxygens (including phenoxy) is 2. The van der Waals surface area contributed by atoms with Crippen molar-refractivity contribution in [2.24, 2.45) is 11.1 Å². The molecule has 2 unspecified atom stereocenters. The molecule has 1 fully saturated rings. The van der Waals surface area contributed by atoms with E-state index in [1.807, 2.05) is 0 Å². The molecule has 1 aromatic rings. The molecule has 0 aliphatic carbocycles. The first-order chi connectivity index (χ1) is 10.5. The van der Waals surface area contributed by atoms with Gasteiger partial charge in [0.25, 0.3) is 0 Å². The molecule has 0 radical (unpaired) electrons. The molecule has 0 spiro atoms. The summed E-state index contributed by atoms with van der Waals surface area (Å²) in [5, 5.41) is 13.4. The van der Waals surface area contributed by atoms with Crippen molar-refractivity contribution in [3.05, 3.63) is 22.7 Å². The molecule has 6 heteroatoms. The number of oxime groups is 1. The number of rotatable bonds is 5. The second-order valence-electron chi connectivity index (χ2n) is 5.83. The first-order valence-corrected chi connectivity index (χ1v) is 7.71. The van der Waals surface area contributed by atoms with Crippen LogP contribution in [-0.4, -0.2) is 49.7 Å². The van der Waals surface area contributed by atoms with Crippen LogP contribution < -0.4 is 9.47 Å². The molecular weight excluding hydrogens is 304 g/mol. The minimum absolute atomic E-state index is 0.455. The van der Waals surface area contributed by atoms with Crippen LogP contribution in [0.4, 0.5) is 0 Å². The average molecular weight is 327 g/mol. The summed E-state index contributed by atoms with van der Waals surface area (Å²) in [6, 6.07) is 3.99. The zero-order chi connectivity index (χ0) is 16.3. The van der Waals surface area contributed by atoms with E-state index in [4.69, 9.17) is 21.1 Å². The summed E-state index contributed by atoms with van der Waals surface area (Å²) in [5.41, 5.74) is 1.30. The lowest BCUT2D eigenvalue weighted by Crippen LogP contribution is -2.21. The van der Waals surface area contributed by atoms with Crippen molar-refractivity contribution in [3.8, 4) is 11.5 Å². The van der Waals surface area contributed by atoms with E-state index in [9.17, 15) is 5.21 Å². The van der Waals surface area contributed by atoms with Gasteiger partial charge in [0.1, 0.15) is 11.5 Å². The Hall–Kier alpha value is -1.46. The number of nitrogens with zero attached hydrogens (tertiary/aromatic N) is 2. The van der Waals surface area contributed by atoms with Crippen LogP contribution in [0.5, 0.6) is 11.5 Å². The summed E-state index contributed by atoms with van der Waals surface area (Å²) in [6.45, 7) is 3.20. The lowest BCUT2D eigenvalue weighted by atomic mass is 9.95. The van der Waals surface area contributed by atoms with Crippen LogP contribution in [-0.2, 0) is 0 Å². The van der Waals surface area contributed by atoms with Gasteiger partial charge in [0.2, 0.25) is 0 Å². The Bertz CT molecular complexity index is 553. The molecule has 2 atom stereocenters. The zero-order valence-corrected chi connectivity index (χ0v) is 14.2. The number of likely N-dealkylation sites (tertiary alicyclic amines) is 1. The molecule has 0 aromatic heterocycles. The molecule has 0 bridgehead atoms. The summed E-state index contributed by atoms with van der Waals surface area (Å²) in [7, 11) is 5.25. The Labute approximate surface area is 136 Å². The molecule has 22 heavy (non-hydrogen) atoms. The minimum Gasteiger partial charge on any atom is -0.496 e. The van der Waals surface area contributed by atoms with Gasteiger partial charge in [-0.15, -0.1) is 0 Å². The van der Waals surface area contributed by atoms with E-state index in [0.29, 0.717) is 46.2 Å². The monoisotopic (exact) mass is 326 g/mol. The predicted octanol–water partition coefficient (Wildman–Crippen LogP) is 3.27. The van der Waals surface area contributed by atoms with Gasteiger partial charge in [0.15, 0.2) is 0 Å². The molecule has 5 nitrogen and oxygen atoms in total.